The Hall–Kier alpha value is -0.420. The average Bonchev–Trinajstić information content (AvgIpc) is 2.22. The van der Waals surface area contributed by atoms with Gasteiger partial charge in [-0.15, -0.1) is 0 Å². The smallest absolute Gasteiger partial charge is 0.236 e. The van der Waals surface area contributed by atoms with E-state index in [2.05, 4.69) is 10.6 Å². The van der Waals surface area contributed by atoms with E-state index in [9.17, 15) is 9.00 Å². The van der Waals surface area contributed by atoms with E-state index in [4.69, 9.17) is 0 Å². The van der Waals surface area contributed by atoms with Crippen LogP contribution in [-0.4, -0.2) is 40.8 Å². The van der Waals surface area contributed by atoms with E-state index in [1.165, 1.54) is 0 Å². The van der Waals surface area contributed by atoms with Gasteiger partial charge in [-0.2, -0.15) is 0 Å². The molecule has 0 aromatic rings. The first-order valence-corrected chi connectivity index (χ1v) is 7.53. The van der Waals surface area contributed by atoms with Crippen LogP contribution in [0.5, 0.6) is 0 Å². The van der Waals surface area contributed by atoms with E-state index in [1.807, 2.05) is 20.8 Å². The highest BCUT2D eigenvalue weighted by Crippen LogP contribution is 1.95. The van der Waals surface area contributed by atoms with Gasteiger partial charge in [0.05, 0.1) is 6.04 Å². The summed E-state index contributed by atoms with van der Waals surface area (Å²) in [5.74, 6) is 0.712. The predicted molar refractivity (Wildman–Crippen MR) is 68.9 cm³/mol. The highest BCUT2D eigenvalue weighted by atomic mass is 32.2. The summed E-state index contributed by atoms with van der Waals surface area (Å²) < 4.78 is 10.9. The predicted octanol–water partition coefficient (Wildman–Crippen LogP) is 0.648. The molecule has 0 aliphatic rings. The van der Waals surface area contributed by atoms with Gasteiger partial charge in [0.25, 0.3) is 0 Å². The van der Waals surface area contributed by atoms with Crippen molar-refractivity contribution in [3.05, 3.63) is 0 Å². The number of carbonyl (C=O) groups excluding carboxylic acids is 1. The molecular formula is C11H24N2O2S. The van der Waals surface area contributed by atoms with Crippen LogP contribution in [0, 0.1) is 0 Å². The molecule has 3 atom stereocenters. The molecule has 16 heavy (non-hydrogen) atoms. The van der Waals surface area contributed by atoms with Gasteiger partial charge in [-0.05, 0) is 26.7 Å². The van der Waals surface area contributed by atoms with E-state index >= 15 is 0 Å². The SMILES string of the molecule is CCCNC(=O)C(C)NC(C)CCS(C)=O. The fourth-order valence-corrected chi connectivity index (χ4v) is 2.02. The molecule has 0 rings (SSSR count). The summed E-state index contributed by atoms with van der Waals surface area (Å²) in [6.45, 7) is 6.61. The van der Waals surface area contributed by atoms with E-state index in [1.54, 1.807) is 6.26 Å². The van der Waals surface area contributed by atoms with Gasteiger partial charge < -0.3 is 10.6 Å². The number of hydrogen-bond donors (Lipinski definition) is 2. The fraction of sp³-hybridized carbons (Fsp3) is 0.909. The molecule has 0 saturated carbocycles. The standard InChI is InChI=1S/C11H24N2O2S/c1-5-7-12-11(14)10(3)13-9(2)6-8-16(4)15/h9-10,13H,5-8H2,1-4H3,(H,12,14). The lowest BCUT2D eigenvalue weighted by Gasteiger charge is -2.19. The van der Waals surface area contributed by atoms with Gasteiger partial charge in [-0.1, -0.05) is 6.92 Å². The Balaban J connectivity index is 3.79. The highest BCUT2D eigenvalue weighted by Gasteiger charge is 2.14. The maximum Gasteiger partial charge on any atom is 0.236 e. The minimum atomic E-state index is -0.757. The van der Waals surface area contributed by atoms with E-state index < -0.39 is 10.8 Å². The summed E-state index contributed by atoms with van der Waals surface area (Å²) >= 11 is 0. The van der Waals surface area contributed by atoms with Crippen LogP contribution in [0.2, 0.25) is 0 Å². The van der Waals surface area contributed by atoms with Gasteiger partial charge >= 0.3 is 0 Å². The molecule has 96 valence electrons. The van der Waals surface area contributed by atoms with E-state index in [0.29, 0.717) is 5.75 Å². The van der Waals surface area contributed by atoms with Crippen molar-refractivity contribution < 1.29 is 9.00 Å². The Labute approximate surface area is 101 Å². The first-order chi connectivity index (χ1) is 7.47. The second-order valence-corrected chi connectivity index (χ2v) is 5.70. The molecule has 0 heterocycles. The monoisotopic (exact) mass is 248 g/mol. The molecule has 4 nitrogen and oxygen atoms in total. The summed E-state index contributed by atoms with van der Waals surface area (Å²) in [6, 6.07) is 0.0260. The summed E-state index contributed by atoms with van der Waals surface area (Å²) in [6.07, 6.45) is 3.47. The molecule has 3 unspecified atom stereocenters. The third kappa shape index (κ3) is 7.82. The van der Waals surface area contributed by atoms with Crippen LogP contribution in [0.3, 0.4) is 0 Å². The van der Waals surface area contributed by atoms with Gasteiger partial charge in [0.15, 0.2) is 0 Å². The van der Waals surface area contributed by atoms with Crippen molar-refractivity contribution in [2.24, 2.45) is 0 Å². The zero-order valence-corrected chi connectivity index (χ0v) is 11.5. The van der Waals surface area contributed by atoms with Gasteiger partial charge in [0.1, 0.15) is 0 Å². The van der Waals surface area contributed by atoms with Gasteiger partial charge in [-0.25, -0.2) is 0 Å². The quantitative estimate of drug-likeness (QED) is 0.663. The molecule has 0 fully saturated rings. The molecule has 0 aliphatic carbocycles. The van der Waals surface area contributed by atoms with Crippen molar-refractivity contribution in [1.82, 2.24) is 10.6 Å². The summed E-state index contributed by atoms with van der Waals surface area (Å²) in [7, 11) is -0.757. The minimum Gasteiger partial charge on any atom is -0.355 e. The van der Waals surface area contributed by atoms with Gasteiger partial charge in [-0.3, -0.25) is 9.00 Å². The molecule has 0 saturated heterocycles. The number of carbonyl (C=O) groups is 1. The number of nitrogens with one attached hydrogen (secondary N) is 2. The van der Waals surface area contributed by atoms with Crippen molar-refractivity contribution in [3.8, 4) is 0 Å². The van der Waals surface area contributed by atoms with E-state index in [0.717, 1.165) is 19.4 Å². The molecule has 0 aliphatic heterocycles. The molecule has 0 aromatic heterocycles. The maximum absolute atomic E-state index is 11.5. The molecule has 2 N–H and O–H groups in total. The molecule has 0 aromatic carbocycles. The Morgan fingerprint density at radius 2 is 2.00 bits per heavy atom. The Kier molecular flexibility index (Phi) is 8.47. The van der Waals surface area contributed by atoms with Crippen molar-refractivity contribution in [3.63, 3.8) is 0 Å². The molecular weight excluding hydrogens is 224 g/mol. The van der Waals surface area contributed by atoms with Crippen LogP contribution in [-0.2, 0) is 15.6 Å². The molecule has 0 radical (unpaired) electrons. The van der Waals surface area contributed by atoms with Crippen molar-refractivity contribution in [2.75, 3.05) is 18.6 Å². The summed E-state index contributed by atoms with van der Waals surface area (Å²) in [4.78, 5) is 11.5. The van der Waals surface area contributed by atoms with Crippen molar-refractivity contribution >= 4 is 16.7 Å². The van der Waals surface area contributed by atoms with Gasteiger partial charge in [0, 0.05) is 35.4 Å². The van der Waals surface area contributed by atoms with Gasteiger partial charge in [0.2, 0.25) is 5.91 Å². The normalized spacial score (nSPS) is 16.5. The first-order valence-electron chi connectivity index (χ1n) is 5.81. The third-order valence-corrected chi connectivity index (χ3v) is 3.13. The Morgan fingerprint density at radius 3 is 2.50 bits per heavy atom. The topological polar surface area (TPSA) is 58.2 Å². The van der Waals surface area contributed by atoms with Crippen LogP contribution in [0.1, 0.15) is 33.6 Å². The average molecular weight is 248 g/mol. The van der Waals surface area contributed by atoms with Crippen LogP contribution >= 0.6 is 0 Å². The Morgan fingerprint density at radius 1 is 1.38 bits per heavy atom. The highest BCUT2D eigenvalue weighted by molar-refractivity contribution is 7.84. The molecule has 0 spiro atoms. The van der Waals surface area contributed by atoms with Crippen LogP contribution in [0.25, 0.3) is 0 Å². The fourth-order valence-electron chi connectivity index (χ4n) is 1.33. The summed E-state index contributed by atoms with van der Waals surface area (Å²) in [5, 5.41) is 6.04. The zero-order chi connectivity index (χ0) is 12.6. The number of amides is 1. The first kappa shape index (κ1) is 15.6. The molecule has 1 amide bonds. The van der Waals surface area contributed by atoms with Crippen LogP contribution < -0.4 is 10.6 Å². The lowest BCUT2D eigenvalue weighted by molar-refractivity contribution is -0.122. The number of hydrogen-bond acceptors (Lipinski definition) is 3. The van der Waals surface area contributed by atoms with Crippen molar-refractivity contribution in [1.29, 1.82) is 0 Å². The lowest BCUT2D eigenvalue weighted by Crippen LogP contribution is -2.46. The second-order valence-electron chi connectivity index (χ2n) is 4.15. The van der Waals surface area contributed by atoms with Crippen LogP contribution in [0.15, 0.2) is 0 Å². The maximum atomic E-state index is 11.5. The Bertz CT molecular complexity index is 234. The minimum absolute atomic E-state index is 0.0336. The zero-order valence-electron chi connectivity index (χ0n) is 10.7. The summed E-state index contributed by atoms with van der Waals surface area (Å²) in [5.41, 5.74) is 0. The molecule has 5 heteroatoms. The van der Waals surface area contributed by atoms with E-state index in [-0.39, 0.29) is 18.0 Å². The number of rotatable bonds is 8. The van der Waals surface area contributed by atoms with Crippen LogP contribution in [0.4, 0.5) is 0 Å². The third-order valence-electron chi connectivity index (χ3n) is 2.32. The lowest BCUT2D eigenvalue weighted by atomic mass is 10.2. The largest absolute Gasteiger partial charge is 0.355 e. The molecule has 0 bridgehead atoms. The second kappa shape index (κ2) is 8.70. The van der Waals surface area contributed by atoms with Crippen molar-refractivity contribution in [2.45, 2.75) is 45.7 Å².